The summed E-state index contributed by atoms with van der Waals surface area (Å²) in [6, 6.07) is 28.1. The van der Waals surface area contributed by atoms with Crippen LogP contribution in [0.4, 0.5) is 31.9 Å². The van der Waals surface area contributed by atoms with E-state index in [4.69, 9.17) is 0 Å². The number of carboxylic acids is 1. The van der Waals surface area contributed by atoms with Gasteiger partial charge in [0.05, 0.1) is 22.7 Å². The highest BCUT2D eigenvalue weighted by molar-refractivity contribution is 5.99. The summed E-state index contributed by atoms with van der Waals surface area (Å²) >= 11 is 0. The fourth-order valence-electron chi connectivity index (χ4n) is 5.55. The lowest BCUT2D eigenvalue weighted by Crippen LogP contribution is -2.64. The van der Waals surface area contributed by atoms with E-state index in [1.54, 1.807) is 29.2 Å². The van der Waals surface area contributed by atoms with Crippen LogP contribution < -0.4 is 9.80 Å². The minimum Gasteiger partial charge on any atom is -0.480 e. The number of fused-ring (bicyclic) bond motifs is 2. The largest absolute Gasteiger partial charge is 0.480 e. The Morgan fingerprint density at radius 3 is 1.90 bits per heavy atom. The van der Waals surface area contributed by atoms with Crippen molar-refractivity contribution in [2.45, 2.75) is 12.4 Å². The van der Waals surface area contributed by atoms with Gasteiger partial charge >= 0.3 is 12.0 Å². The van der Waals surface area contributed by atoms with Crippen molar-refractivity contribution in [3.8, 4) is 0 Å². The summed E-state index contributed by atoms with van der Waals surface area (Å²) in [5, 5.41) is 22.2. The number of nitrogens with zero attached hydrogens (tertiary/aromatic N) is 4. The third-order valence-electron chi connectivity index (χ3n) is 7.63. The molecular formula is C33H29FN4O4. The summed E-state index contributed by atoms with van der Waals surface area (Å²) < 4.78 is 13.7. The van der Waals surface area contributed by atoms with Crippen molar-refractivity contribution in [2.75, 3.05) is 29.4 Å². The Morgan fingerprint density at radius 1 is 0.762 bits per heavy atom. The maximum atomic E-state index is 14.0. The number of aliphatic hydroxyl groups is 1. The number of urea groups is 1. The Bertz CT molecular complexity index is 1580. The second kappa shape index (κ2) is 11.5. The highest BCUT2D eigenvalue weighted by Gasteiger charge is 2.42. The fraction of sp³-hybridized carbons (Fsp3) is 0.152. The number of amides is 2. The molecule has 1 unspecified atom stereocenters. The van der Waals surface area contributed by atoms with Crippen molar-refractivity contribution in [3.63, 3.8) is 0 Å². The number of anilines is 4. The molecule has 0 aromatic heterocycles. The molecule has 0 saturated carbocycles. The van der Waals surface area contributed by atoms with Gasteiger partial charge in [0.25, 0.3) is 0 Å². The van der Waals surface area contributed by atoms with Crippen LogP contribution in [0.2, 0.25) is 0 Å². The Kier molecular flexibility index (Phi) is 7.43. The van der Waals surface area contributed by atoms with Crippen LogP contribution in [0.25, 0.3) is 12.2 Å². The lowest BCUT2D eigenvalue weighted by atomic mass is 10.1. The number of halogens is 1. The highest BCUT2D eigenvalue weighted by atomic mass is 19.1. The molecule has 2 atom stereocenters. The highest BCUT2D eigenvalue weighted by Crippen LogP contribution is 2.38. The number of para-hydroxylation sites is 3. The molecule has 2 aliphatic heterocycles. The zero-order chi connectivity index (χ0) is 29.2. The molecule has 4 aromatic carbocycles. The van der Waals surface area contributed by atoms with Crippen molar-refractivity contribution >= 4 is 46.9 Å². The van der Waals surface area contributed by atoms with Crippen molar-refractivity contribution < 1.29 is 24.2 Å². The summed E-state index contributed by atoms with van der Waals surface area (Å²) in [5.74, 6) is -1.59. The predicted molar refractivity (Wildman–Crippen MR) is 160 cm³/mol. The van der Waals surface area contributed by atoms with Crippen LogP contribution in [0.15, 0.2) is 103 Å². The molecule has 9 heteroatoms. The number of carbonyl (C=O) groups excluding carboxylic acids is 1. The lowest BCUT2D eigenvalue weighted by molar-refractivity contribution is -0.151. The Labute approximate surface area is 242 Å². The van der Waals surface area contributed by atoms with E-state index >= 15 is 0 Å². The van der Waals surface area contributed by atoms with Gasteiger partial charge in [-0.25, -0.2) is 14.1 Å². The summed E-state index contributed by atoms with van der Waals surface area (Å²) in [5.41, 5.74) is 4.25. The van der Waals surface area contributed by atoms with Gasteiger partial charge in [-0.05, 0) is 59.7 Å². The smallest absolute Gasteiger partial charge is 0.329 e. The molecule has 212 valence electrons. The van der Waals surface area contributed by atoms with Gasteiger partial charge in [0.2, 0.25) is 0 Å². The standard InChI is InChI=1S/C33H29FN4O4/c34-25-16-18-27(19-17-25)37(26-10-2-1-3-11-26)32(41)35-20-21-36(30(22-35)31(39)40)33(42)38-28-12-6-4-8-23(28)14-15-24-9-5-7-13-29(24)38/h1-19,30,33,42H,20-22H2,(H,39,40)/t30-,33?/m0/s1. The number of aliphatic carboxylic acids is 1. The molecule has 2 amide bonds. The molecular weight excluding hydrogens is 535 g/mol. The van der Waals surface area contributed by atoms with Gasteiger partial charge in [0.1, 0.15) is 11.9 Å². The molecule has 2 aliphatic rings. The minimum atomic E-state index is -1.33. The predicted octanol–water partition coefficient (Wildman–Crippen LogP) is 5.75. The molecule has 42 heavy (non-hydrogen) atoms. The van der Waals surface area contributed by atoms with Gasteiger partial charge in [0, 0.05) is 19.6 Å². The average molecular weight is 565 g/mol. The topological polar surface area (TPSA) is 87.6 Å². The SMILES string of the molecule is O=C(O)[C@@H]1CN(C(=O)N(c2ccccc2)c2ccc(F)cc2)CCN1C(O)N1c2ccccc2C=Cc2ccccc21. The Balaban J connectivity index is 1.31. The van der Waals surface area contributed by atoms with E-state index in [1.165, 1.54) is 39.0 Å². The first-order chi connectivity index (χ1) is 20.4. The van der Waals surface area contributed by atoms with Crippen molar-refractivity contribution in [1.29, 1.82) is 0 Å². The molecule has 8 nitrogen and oxygen atoms in total. The number of piperazine rings is 1. The van der Waals surface area contributed by atoms with Crippen LogP contribution in [0.5, 0.6) is 0 Å². The number of aliphatic hydroxyl groups excluding tert-OH is 1. The molecule has 0 radical (unpaired) electrons. The van der Waals surface area contributed by atoms with Crippen molar-refractivity contribution in [3.05, 3.63) is 120 Å². The zero-order valence-electron chi connectivity index (χ0n) is 22.6. The van der Waals surface area contributed by atoms with E-state index in [1.807, 2.05) is 66.7 Å². The molecule has 2 heterocycles. The first-order valence-electron chi connectivity index (χ1n) is 13.6. The summed E-state index contributed by atoms with van der Waals surface area (Å²) in [6.45, 7) is 0.106. The van der Waals surface area contributed by atoms with E-state index < -0.39 is 30.2 Å². The maximum absolute atomic E-state index is 14.0. The monoisotopic (exact) mass is 564 g/mol. The third kappa shape index (κ3) is 5.11. The van der Waals surface area contributed by atoms with Crippen LogP contribution >= 0.6 is 0 Å². The summed E-state index contributed by atoms with van der Waals surface area (Å²) in [4.78, 5) is 32.8. The summed E-state index contributed by atoms with van der Waals surface area (Å²) in [7, 11) is 0. The van der Waals surface area contributed by atoms with Crippen molar-refractivity contribution in [2.24, 2.45) is 0 Å². The molecule has 6 rings (SSSR count). The van der Waals surface area contributed by atoms with Crippen LogP contribution in [0, 0.1) is 5.82 Å². The number of rotatable bonds is 5. The van der Waals surface area contributed by atoms with Gasteiger partial charge in [-0.2, -0.15) is 0 Å². The number of carboxylic acid groups (broad SMARTS) is 1. The second-order valence-corrected chi connectivity index (χ2v) is 10.1. The minimum absolute atomic E-state index is 0.101. The molecule has 0 bridgehead atoms. The molecule has 0 spiro atoms. The molecule has 0 aliphatic carbocycles. The second-order valence-electron chi connectivity index (χ2n) is 10.1. The Morgan fingerprint density at radius 2 is 1.31 bits per heavy atom. The maximum Gasteiger partial charge on any atom is 0.329 e. The molecule has 1 saturated heterocycles. The van der Waals surface area contributed by atoms with Gasteiger partial charge in [-0.1, -0.05) is 66.7 Å². The lowest BCUT2D eigenvalue weighted by Gasteiger charge is -2.46. The first-order valence-corrected chi connectivity index (χ1v) is 13.6. The normalized spacial score (nSPS) is 17.1. The third-order valence-corrected chi connectivity index (χ3v) is 7.63. The molecule has 2 N–H and O–H groups in total. The van der Waals surface area contributed by atoms with Gasteiger partial charge < -0.3 is 20.0 Å². The van der Waals surface area contributed by atoms with Gasteiger partial charge in [-0.3, -0.25) is 9.69 Å². The fourth-order valence-corrected chi connectivity index (χ4v) is 5.55. The zero-order valence-corrected chi connectivity index (χ0v) is 22.6. The van der Waals surface area contributed by atoms with Gasteiger partial charge in [-0.15, -0.1) is 0 Å². The number of benzene rings is 4. The van der Waals surface area contributed by atoms with E-state index in [2.05, 4.69) is 0 Å². The Hall–Kier alpha value is -4.99. The van der Waals surface area contributed by atoms with Gasteiger partial charge in [0.15, 0.2) is 6.35 Å². The van der Waals surface area contributed by atoms with Crippen LogP contribution in [-0.4, -0.2) is 64.0 Å². The number of hydrogen-bond donors (Lipinski definition) is 2. The average Bonchev–Trinajstić information content (AvgIpc) is 3.19. The first kappa shape index (κ1) is 27.2. The van der Waals surface area contributed by atoms with Crippen molar-refractivity contribution in [1.82, 2.24) is 9.80 Å². The van der Waals surface area contributed by atoms with E-state index in [0.717, 1.165) is 22.5 Å². The van der Waals surface area contributed by atoms with Crippen LogP contribution in [0.3, 0.4) is 0 Å². The van der Waals surface area contributed by atoms with E-state index in [9.17, 15) is 24.2 Å². The molecule has 1 fully saturated rings. The van der Waals surface area contributed by atoms with Crippen LogP contribution in [0.1, 0.15) is 11.1 Å². The number of hydrogen-bond acceptors (Lipinski definition) is 5. The summed E-state index contributed by atoms with van der Waals surface area (Å²) in [6.07, 6.45) is 2.62. The quantitative estimate of drug-likeness (QED) is 0.321. The van der Waals surface area contributed by atoms with Crippen LogP contribution in [-0.2, 0) is 4.79 Å². The van der Waals surface area contributed by atoms with E-state index in [-0.39, 0.29) is 19.6 Å². The number of carbonyl (C=O) groups is 2. The molecule has 4 aromatic rings. The van der Waals surface area contributed by atoms with E-state index in [0.29, 0.717) is 11.4 Å².